The van der Waals surface area contributed by atoms with E-state index in [9.17, 15) is 18.0 Å². The number of carbonyl (C=O) groups excluding carboxylic acids is 1. The Morgan fingerprint density at radius 1 is 1.29 bits per heavy atom. The minimum atomic E-state index is -4.62. The minimum Gasteiger partial charge on any atom is -0.366 e. The Morgan fingerprint density at radius 3 is 2.71 bits per heavy atom. The Kier molecular flexibility index (Phi) is 5.40. The normalized spacial score (nSPS) is 11.0. The molecule has 0 aliphatic rings. The van der Waals surface area contributed by atoms with Crippen LogP contribution in [0.1, 0.15) is 16.1 Å². The van der Waals surface area contributed by atoms with Crippen molar-refractivity contribution >= 4 is 29.0 Å². The fourth-order valence-corrected chi connectivity index (χ4v) is 1.99. The van der Waals surface area contributed by atoms with Crippen LogP contribution in [-0.4, -0.2) is 22.4 Å². The summed E-state index contributed by atoms with van der Waals surface area (Å²) in [5.41, 5.74) is -1.07. The third-order valence-corrected chi connectivity index (χ3v) is 3.19. The van der Waals surface area contributed by atoms with E-state index < -0.39 is 22.7 Å². The van der Waals surface area contributed by atoms with Crippen LogP contribution in [0.2, 0.25) is 5.02 Å². The standard InChI is InChI=1S/C15H12ClF3N4O/c1-2-5-20-13-7-12(21-8-22-13)14(24)23-9-3-4-11(16)10(6-9)15(17,18)19/h2-4,6-8H,1,5H2,(H,23,24)(H,20,21,22). The van der Waals surface area contributed by atoms with E-state index >= 15 is 0 Å². The van der Waals surface area contributed by atoms with E-state index in [4.69, 9.17) is 11.6 Å². The molecule has 1 heterocycles. The molecule has 0 spiro atoms. The second kappa shape index (κ2) is 7.31. The average Bonchev–Trinajstić information content (AvgIpc) is 2.54. The molecule has 0 fully saturated rings. The van der Waals surface area contributed by atoms with Crippen molar-refractivity contribution < 1.29 is 18.0 Å². The van der Waals surface area contributed by atoms with E-state index in [0.717, 1.165) is 12.1 Å². The molecule has 0 radical (unpaired) electrons. The molecule has 0 saturated heterocycles. The number of benzene rings is 1. The van der Waals surface area contributed by atoms with Crippen LogP contribution >= 0.6 is 11.6 Å². The number of halogens is 4. The van der Waals surface area contributed by atoms with Crippen LogP contribution in [0.5, 0.6) is 0 Å². The highest BCUT2D eigenvalue weighted by Crippen LogP contribution is 2.36. The van der Waals surface area contributed by atoms with Gasteiger partial charge < -0.3 is 10.6 Å². The molecule has 0 unspecified atom stereocenters. The molecule has 0 saturated carbocycles. The van der Waals surface area contributed by atoms with Gasteiger partial charge in [-0.25, -0.2) is 9.97 Å². The Bertz CT molecular complexity index is 765. The van der Waals surface area contributed by atoms with Gasteiger partial charge in [-0.3, -0.25) is 4.79 Å². The fraction of sp³-hybridized carbons (Fsp3) is 0.133. The number of rotatable bonds is 5. The predicted octanol–water partition coefficient (Wildman–Crippen LogP) is 4.00. The van der Waals surface area contributed by atoms with Crippen molar-refractivity contribution in [2.75, 3.05) is 17.2 Å². The summed E-state index contributed by atoms with van der Waals surface area (Å²) in [5.74, 6) is -0.281. The van der Waals surface area contributed by atoms with Crippen molar-refractivity contribution in [2.45, 2.75) is 6.18 Å². The SMILES string of the molecule is C=CCNc1cc(C(=O)Nc2ccc(Cl)c(C(F)(F)F)c2)ncn1. The van der Waals surface area contributed by atoms with Crippen LogP contribution in [0, 0.1) is 0 Å². The second-order valence-electron chi connectivity index (χ2n) is 4.60. The van der Waals surface area contributed by atoms with Crippen molar-refractivity contribution in [3.8, 4) is 0 Å². The van der Waals surface area contributed by atoms with Gasteiger partial charge in [0, 0.05) is 18.3 Å². The lowest BCUT2D eigenvalue weighted by Gasteiger charge is -2.11. The third-order valence-electron chi connectivity index (χ3n) is 2.86. The summed E-state index contributed by atoms with van der Waals surface area (Å²) >= 11 is 5.53. The Morgan fingerprint density at radius 2 is 2.04 bits per heavy atom. The maximum atomic E-state index is 12.8. The lowest BCUT2D eigenvalue weighted by molar-refractivity contribution is -0.137. The first kappa shape index (κ1) is 17.7. The first-order valence-corrected chi connectivity index (χ1v) is 7.04. The molecular formula is C15H12ClF3N4O. The summed E-state index contributed by atoms with van der Waals surface area (Å²) in [7, 11) is 0. The van der Waals surface area contributed by atoms with Crippen LogP contribution < -0.4 is 10.6 Å². The summed E-state index contributed by atoms with van der Waals surface area (Å²) in [6, 6.07) is 4.47. The molecule has 2 N–H and O–H groups in total. The van der Waals surface area contributed by atoms with Crippen LogP contribution in [0.3, 0.4) is 0 Å². The molecule has 126 valence electrons. The minimum absolute atomic E-state index is 0.0000657. The zero-order valence-corrected chi connectivity index (χ0v) is 12.9. The van der Waals surface area contributed by atoms with Gasteiger partial charge >= 0.3 is 6.18 Å². The summed E-state index contributed by atoms with van der Waals surface area (Å²) in [4.78, 5) is 19.8. The highest BCUT2D eigenvalue weighted by molar-refractivity contribution is 6.31. The Hall–Kier alpha value is -2.61. The number of nitrogens with one attached hydrogen (secondary N) is 2. The number of alkyl halides is 3. The molecule has 0 atom stereocenters. The second-order valence-corrected chi connectivity index (χ2v) is 5.01. The molecule has 2 aromatic rings. The van der Waals surface area contributed by atoms with E-state index in [0.29, 0.717) is 12.4 Å². The lowest BCUT2D eigenvalue weighted by Crippen LogP contribution is -2.15. The van der Waals surface area contributed by atoms with Gasteiger partial charge in [0.1, 0.15) is 17.8 Å². The highest BCUT2D eigenvalue weighted by Gasteiger charge is 2.33. The third kappa shape index (κ3) is 4.45. The quantitative estimate of drug-likeness (QED) is 0.795. The van der Waals surface area contributed by atoms with Gasteiger partial charge in [0.05, 0.1) is 10.6 Å². The predicted molar refractivity (Wildman–Crippen MR) is 85.1 cm³/mol. The Labute approximate surface area is 140 Å². The fourth-order valence-electron chi connectivity index (χ4n) is 1.77. The van der Waals surface area contributed by atoms with Crippen molar-refractivity contribution in [1.29, 1.82) is 0 Å². The molecule has 1 amide bonds. The van der Waals surface area contributed by atoms with Gasteiger partial charge in [0.15, 0.2) is 0 Å². The first-order valence-electron chi connectivity index (χ1n) is 6.66. The monoisotopic (exact) mass is 356 g/mol. The number of amides is 1. The molecule has 24 heavy (non-hydrogen) atoms. The number of anilines is 2. The molecule has 1 aromatic carbocycles. The number of carbonyl (C=O) groups is 1. The number of hydrogen-bond donors (Lipinski definition) is 2. The average molecular weight is 357 g/mol. The first-order chi connectivity index (χ1) is 11.3. The largest absolute Gasteiger partial charge is 0.417 e. The summed E-state index contributed by atoms with van der Waals surface area (Å²) in [6.07, 6.45) is -1.84. The molecular weight excluding hydrogens is 345 g/mol. The van der Waals surface area contributed by atoms with Crippen LogP contribution in [-0.2, 0) is 6.18 Å². The van der Waals surface area contributed by atoms with Gasteiger partial charge in [-0.1, -0.05) is 17.7 Å². The number of nitrogens with zero attached hydrogens (tertiary/aromatic N) is 2. The molecule has 0 aliphatic heterocycles. The van der Waals surface area contributed by atoms with Crippen molar-refractivity contribution in [1.82, 2.24) is 9.97 Å². The smallest absolute Gasteiger partial charge is 0.366 e. The zero-order chi connectivity index (χ0) is 17.7. The maximum Gasteiger partial charge on any atom is 0.417 e. The molecule has 2 rings (SSSR count). The van der Waals surface area contributed by atoms with Gasteiger partial charge in [-0.05, 0) is 18.2 Å². The van der Waals surface area contributed by atoms with Crippen LogP contribution in [0.25, 0.3) is 0 Å². The molecule has 9 heteroatoms. The topological polar surface area (TPSA) is 66.9 Å². The highest BCUT2D eigenvalue weighted by atomic mass is 35.5. The number of aromatic nitrogens is 2. The molecule has 0 bridgehead atoms. The van der Waals surface area contributed by atoms with Crippen LogP contribution in [0.15, 0.2) is 43.2 Å². The van der Waals surface area contributed by atoms with Gasteiger partial charge in [0.25, 0.3) is 5.91 Å². The Balaban J connectivity index is 2.19. The van der Waals surface area contributed by atoms with Crippen molar-refractivity contribution in [2.24, 2.45) is 0 Å². The molecule has 0 aliphatic carbocycles. The summed E-state index contributed by atoms with van der Waals surface area (Å²) in [5, 5.41) is 4.77. The zero-order valence-electron chi connectivity index (χ0n) is 12.2. The molecule has 5 nitrogen and oxygen atoms in total. The van der Waals surface area contributed by atoms with E-state index in [1.54, 1.807) is 6.08 Å². The van der Waals surface area contributed by atoms with Crippen LogP contribution in [0.4, 0.5) is 24.7 Å². The van der Waals surface area contributed by atoms with Gasteiger partial charge in [-0.2, -0.15) is 13.2 Å². The van der Waals surface area contributed by atoms with E-state index in [2.05, 4.69) is 27.2 Å². The van der Waals surface area contributed by atoms with Gasteiger partial charge in [-0.15, -0.1) is 6.58 Å². The van der Waals surface area contributed by atoms with Gasteiger partial charge in [0.2, 0.25) is 0 Å². The van der Waals surface area contributed by atoms with E-state index in [1.807, 2.05) is 0 Å². The summed E-state index contributed by atoms with van der Waals surface area (Å²) in [6.45, 7) is 3.97. The number of hydrogen-bond acceptors (Lipinski definition) is 4. The molecule has 1 aromatic heterocycles. The van der Waals surface area contributed by atoms with E-state index in [-0.39, 0.29) is 11.4 Å². The maximum absolute atomic E-state index is 12.8. The lowest BCUT2D eigenvalue weighted by atomic mass is 10.2. The summed E-state index contributed by atoms with van der Waals surface area (Å²) < 4.78 is 38.5. The van der Waals surface area contributed by atoms with Crippen molar-refractivity contribution in [3.05, 3.63) is 59.5 Å². The van der Waals surface area contributed by atoms with Crippen molar-refractivity contribution in [3.63, 3.8) is 0 Å². The van der Waals surface area contributed by atoms with E-state index in [1.165, 1.54) is 18.5 Å².